The first-order chi connectivity index (χ1) is 8.92. The van der Waals surface area contributed by atoms with E-state index < -0.39 is 0 Å². The summed E-state index contributed by atoms with van der Waals surface area (Å²) in [5.74, 6) is 0.930. The van der Waals surface area contributed by atoms with E-state index in [4.69, 9.17) is 0 Å². The van der Waals surface area contributed by atoms with Crippen molar-refractivity contribution in [2.24, 2.45) is 5.92 Å². The number of nitrogens with zero attached hydrogens (tertiary/aromatic N) is 2. The van der Waals surface area contributed by atoms with Gasteiger partial charge < -0.3 is 15.1 Å². The molecule has 1 N–H and O–H groups in total. The van der Waals surface area contributed by atoms with Crippen LogP contribution in [0.5, 0.6) is 0 Å². The first-order valence-corrected chi connectivity index (χ1v) is 8.10. The zero-order chi connectivity index (χ0) is 12.2. The van der Waals surface area contributed by atoms with Crippen molar-refractivity contribution in [3.05, 3.63) is 0 Å². The summed E-state index contributed by atoms with van der Waals surface area (Å²) in [5, 5.41) is 3.71. The fraction of sp³-hybridized carbons (Fsp3) is 1.00. The number of hydrogen-bond donors (Lipinski definition) is 1. The van der Waals surface area contributed by atoms with Gasteiger partial charge in [-0.1, -0.05) is 0 Å². The van der Waals surface area contributed by atoms with Gasteiger partial charge >= 0.3 is 0 Å². The van der Waals surface area contributed by atoms with Gasteiger partial charge in [-0.05, 0) is 70.6 Å². The second kappa shape index (κ2) is 6.36. The fourth-order valence-corrected chi connectivity index (χ4v) is 4.03. The molecule has 0 aromatic rings. The molecule has 0 bridgehead atoms. The topological polar surface area (TPSA) is 18.5 Å². The molecule has 3 aliphatic heterocycles. The average molecular weight is 251 g/mol. The summed E-state index contributed by atoms with van der Waals surface area (Å²) in [6.07, 6.45) is 8.55. The number of rotatable bonds is 4. The van der Waals surface area contributed by atoms with Crippen molar-refractivity contribution in [2.45, 2.75) is 44.6 Å². The van der Waals surface area contributed by atoms with E-state index in [0.29, 0.717) is 0 Å². The second-order valence-electron chi connectivity index (χ2n) is 6.45. The lowest BCUT2D eigenvalue weighted by molar-refractivity contribution is 0.137. The van der Waals surface area contributed by atoms with Crippen LogP contribution in [0.1, 0.15) is 38.5 Å². The lowest BCUT2D eigenvalue weighted by Crippen LogP contribution is -2.45. The minimum absolute atomic E-state index is 0.833. The first kappa shape index (κ1) is 12.9. The Morgan fingerprint density at radius 2 is 1.61 bits per heavy atom. The van der Waals surface area contributed by atoms with Crippen LogP contribution in [0.15, 0.2) is 0 Å². The largest absolute Gasteiger partial charge is 0.314 e. The Kier molecular flexibility index (Phi) is 4.55. The van der Waals surface area contributed by atoms with Crippen LogP contribution in [0.2, 0.25) is 0 Å². The third kappa shape index (κ3) is 3.25. The molecular weight excluding hydrogens is 222 g/mol. The molecule has 3 rings (SSSR count). The molecule has 0 amide bonds. The van der Waals surface area contributed by atoms with Gasteiger partial charge in [0.1, 0.15) is 0 Å². The highest BCUT2D eigenvalue weighted by Gasteiger charge is 2.29. The Labute approximate surface area is 112 Å². The van der Waals surface area contributed by atoms with Crippen molar-refractivity contribution < 1.29 is 0 Å². The van der Waals surface area contributed by atoms with Crippen LogP contribution in [-0.4, -0.2) is 61.7 Å². The molecule has 0 spiro atoms. The smallest absolute Gasteiger partial charge is 0.0109 e. The quantitative estimate of drug-likeness (QED) is 0.818. The second-order valence-corrected chi connectivity index (χ2v) is 6.45. The van der Waals surface area contributed by atoms with Crippen molar-refractivity contribution in [3.8, 4) is 0 Å². The molecule has 2 unspecified atom stereocenters. The fourth-order valence-electron chi connectivity index (χ4n) is 4.03. The highest BCUT2D eigenvalue weighted by atomic mass is 15.2. The molecule has 3 heterocycles. The minimum Gasteiger partial charge on any atom is -0.314 e. The number of hydrogen-bond acceptors (Lipinski definition) is 3. The van der Waals surface area contributed by atoms with Crippen molar-refractivity contribution >= 4 is 0 Å². The number of piperidine rings is 1. The van der Waals surface area contributed by atoms with E-state index in [9.17, 15) is 0 Å². The summed E-state index contributed by atoms with van der Waals surface area (Å²) < 4.78 is 0. The molecule has 2 atom stereocenters. The molecule has 0 aromatic carbocycles. The molecule has 0 radical (unpaired) electrons. The molecule has 104 valence electrons. The number of nitrogens with one attached hydrogen (secondary N) is 1. The molecule has 3 heteroatoms. The van der Waals surface area contributed by atoms with Crippen LogP contribution in [0.3, 0.4) is 0 Å². The Balaban J connectivity index is 1.41. The highest BCUT2D eigenvalue weighted by molar-refractivity contribution is 4.86. The van der Waals surface area contributed by atoms with Gasteiger partial charge in [-0.3, -0.25) is 0 Å². The Morgan fingerprint density at radius 3 is 2.39 bits per heavy atom. The summed E-state index contributed by atoms with van der Waals surface area (Å²) in [4.78, 5) is 5.38. The van der Waals surface area contributed by atoms with Gasteiger partial charge in [-0.2, -0.15) is 0 Å². The molecule has 3 aliphatic rings. The van der Waals surface area contributed by atoms with Crippen molar-refractivity contribution in [2.75, 3.05) is 45.8 Å². The predicted molar refractivity (Wildman–Crippen MR) is 75.9 cm³/mol. The molecule has 0 saturated carbocycles. The first-order valence-electron chi connectivity index (χ1n) is 8.10. The van der Waals surface area contributed by atoms with Crippen LogP contribution in [-0.2, 0) is 0 Å². The lowest BCUT2D eigenvalue weighted by atomic mass is 9.90. The Hall–Kier alpha value is -0.120. The van der Waals surface area contributed by atoms with E-state index in [1.165, 1.54) is 84.3 Å². The van der Waals surface area contributed by atoms with Gasteiger partial charge in [0, 0.05) is 25.7 Å². The third-order valence-electron chi connectivity index (χ3n) is 5.14. The summed E-state index contributed by atoms with van der Waals surface area (Å²) in [6.45, 7) is 9.27. The number of likely N-dealkylation sites (tertiary alicyclic amines) is 2. The van der Waals surface area contributed by atoms with Crippen molar-refractivity contribution in [1.82, 2.24) is 15.1 Å². The van der Waals surface area contributed by atoms with Gasteiger partial charge in [0.25, 0.3) is 0 Å². The molecule has 0 aliphatic carbocycles. The maximum Gasteiger partial charge on any atom is 0.0109 e. The summed E-state index contributed by atoms with van der Waals surface area (Å²) >= 11 is 0. The predicted octanol–water partition coefficient (Wildman–Crippen LogP) is 1.55. The van der Waals surface area contributed by atoms with E-state index in [1.807, 2.05) is 0 Å². The van der Waals surface area contributed by atoms with Gasteiger partial charge in [-0.25, -0.2) is 0 Å². The van der Waals surface area contributed by atoms with Crippen LogP contribution >= 0.6 is 0 Å². The standard InChI is InChI=1S/C15H29N3/c1-2-9-17(8-1)11-12-18-10-4-5-14(13-18)15-6-3-7-16-15/h14-16H,1-13H2. The van der Waals surface area contributed by atoms with Crippen LogP contribution < -0.4 is 5.32 Å². The molecule has 3 fully saturated rings. The monoisotopic (exact) mass is 251 g/mol. The Bertz CT molecular complexity index is 244. The maximum absolute atomic E-state index is 3.71. The maximum atomic E-state index is 3.71. The van der Waals surface area contributed by atoms with Gasteiger partial charge in [0.2, 0.25) is 0 Å². The summed E-state index contributed by atoms with van der Waals surface area (Å²) in [5.41, 5.74) is 0. The molecule has 0 aromatic heterocycles. The third-order valence-corrected chi connectivity index (χ3v) is 5.14. The molecule has 18 heavy (non-hydrogen) atoms. The van der Waals surface area contributed by atoms with Crippen LogP contribution in [0.25, 0.3) is 0 Å². The van der Waals surface area contributed by atoms with Gasteiger partial charge in [-0.15, -0.1) is 0 Å². The lowest BCUT2D eigenvalue weighted by Gasteiger charge is -2.36. The van der Waals surface area contributed by atoms with Crippen LogP contribution in [0, 0.1) is 5.92 Å². The van der Waals surface area contributed by atoms with Gasteiger partial charge in [0.15, 0.2) is 0 Å². The van der Waals surface area contributed by atoms with Crippen molar-refractivity contribution in [1.29, 1.82) is 0 Å². The minimum atomic E-state index is 0.833. The van der Waals surface area contributed by atoms with E-state index >= 15 is 0 Å². The zero-order valence-electron chi connectivity index (χ0n) is 11.7. The highest BCUT2D eigenvalue weighted by Crippen LogP contribution is 2.24. The summed E-state index contributed by atoms with van der Waals surface area (Å²) in [6, 6.07) is 0.833. The molecule has 3 nitrogen and oxygen atoms in total. The van der Waals surface area contributed by atoms with E-state index in [-0.39, 0.29) is 0 Å². The van der Waals surface area contributed by atoms with Crippen molar-refractivity contribution in [3.63, 3.8) is 0 Å². The Morgan fingerprint density at radius 1 is 0.833 bits per heavy atom. The molecular formula is C15H29N3. The zero-order valence-corrected chi connectivity index (χ0v) is 11.7. The van der Waals surface area contributed by atoms with E-state index in [2.05, 4.69) is 15.1 Å². The van der Waals surface area contributed by atoms with E-state index in [0.717, 1.165) is 12.0 Å². The molecule has 3 saturated heterocycles. The average Bonchev–Trinajstić information content (AvgIpc) is 3.10. The summed E-state index contributed by atoms with van der Waals surface area (Å²) in [7, 11) is 0. The normalized spacial score (nSPS) is 35.3. The van der Waals surface area contributed by atoms with E-state index in [1.54, 1.807) is 0 Å². The van der Waals surface area contributed by atoms with Gasteiger partial charge in [0.05, 0.1) is 0 Å². The SMILES string of the molecule is C1CNC(C2CCCN(CCN3CCCC3)C2)C1. The van der Waals surface area contributed by atoms with Crippen LogP contribution in [0.4, 0.5) is 0 Å².